The van der Waals surface area contributed by atoms with Crippen LogP contribution in [-0.2, 0) is 20.8 Å². The van der Waals surface area contributed by atoms with Crippen molar-refractivity contribution in [1.29, 1.82) is 0 Å². The second-order valence-electron chi connectivity index (χ2n) is 5.72. The van der Waals surface area contributed by atoms with Crippen LogP contribution in [0.15, 0.2) is 22.6 Å². The number of carbonyl (C=O) groups is 1. The van der Waals surface area contributed by atoms with E-state index in [0.717, 1.165) is 25.9 Å². The maximum atomic E-state index is 11.8. The Morgan fingerprint density at radius 3 is 3.12 bits per heavy atom. The van der Waals surface area contributed by atoms with Gasteiger partial charge in [-0.3, -0.25) is 4.79 Å². The number of hydrogen-bond acceptors (Lipinski definition) is 6. The minimum absolute atomic E-state index is 0.00785. The fraction of sp³-hybridized carbons (Fsp3) is 0.529. The summed E-state index contributed by atoms with van der Waals surface area (Å²) in [6.07, 6.45) is 3.36. The maximum absolute atomic E-state index is 11.8. The Morgan fingerprint density at radius 1 is 1.42 bits per heavy atom. The first-order chi connectivity index (χ1) is 11.7. The molecular formula is C17H22N2O5. The van der Waals surface area contributed by atoms with Crippen LogP contribution >= 0.6 is 0 Å². The molecule has 0 unspecified atom stereocenters. The van der Waals surface area contributed by atoms with Gasteiger partial charge < -0.3 is 23.9 Å². The molecule has 0 aliphatic carbocycles. The molecule has 1 aliphatic heterocycles. The molecule has 1 atom stereocenters. The summed E-state index contributed by atoms with van der Waals surface area (Å²) in [7, 11) is 1.60. The number of rotatable bonds is 7. The Morgan fingerprint density at radius 2 is 2.33 bits per heavy atom. The second-order valence-corrected chi connectivity index (χ2v) is 5.72. The number of ether oxygens (including phenoxy) is 3. The molecule has 1 amide bonds. The second kappa shape index (κ2) is 8.12. The standard InChI is InChI=1S/C17H22N2O5/c1-21-12-5-6-15-14(8-12)19-17(24-15)9-18-16(20)11-22-10-13-4-2-3-7-23-13/h5-6,8,13H,2-4,7,9-11H2,1H3,(H,18,20)/t13-/m0/s1. The lowest BCUT2D eigenvalue weighted by molar-refractivity contribution is -0.128. The average molecular weight is 334 g/mol. The predicted octanol–water partition coefficient (Wildman–Crippen LogP) is 2.04. The summed E-state index contributed by atoms with van der Waals surface area (Å²) in [4.78, 5) is 16.1. The van der Waals surface area contributed by atoms with Crippen LogP contribution in [0, 0.1) is 0 Å². The van der Waals surface area contributed by atoms with Crippen LogP contribution in [-0.4, -0.2) is 43.9 Å². The molecule has 1 saturated heterocycles. The third kappa shape index (κ3) is 4.46. The fourth-order valence-corrected chi connectivity index (χ4v) is 2.60. The number of amides is 1. The van der Waals surface area contributed by atoms with Crippen molar-refractivity contribution >= 4 is 17.0 Å². The molecule has 1 N–H and O–H groups in total. The summed E-state index contributed by atoms with van der Waals surface area (Å²) in [6, 6.07) is 5.38. The number of oxazole rings is 1. The van der Waals surface area contributed by atoms with E-state index in [4.69, 9.17) is 18.6 Å². The minimum Gasteiger partial charge on any atom is -0.497 e. The Hall–Kier alpha value is -2.12. The van der Waals surface area contributed by atoms with Gasteiger partial charge in [-0.2, -0.15) is 0 Å². The summed E-state index contributed by atoms with van der Waals surface area (Å²) in [5.41, 5.74) is 1.36. The first-order valence-corrected chi connectivity index (χ1v) is 8.14. The van der Waals surface area contributed by atoms with Gasteiger partial charge >= 0.3 is 0 Å². The zero-order chi connectivity index (χ0) is 16.8. The summed E-state index contributed by atoms with van der Waals surface area (Å²) >= 11 is 0. The van der Waals surface area contributed by atoms with Crippen LogP contribution in [0.1, 0.15) is 25.2 Å². The normalized spacial score (nSPS) is 17.8. The van der Waals surface area contributed by atoms with Gasteiger partial charge in [0.1, 0.15) is 17.9 Å². The van der Waals surface area contributed by atoms with Gasteiger partial charge in [-0.25, -0.2) is 4.98 Å². The minimum atomic E-state index is -0.203. The van der Waals surface area contributed by atoms with E-state index in [1.807, 2.05) is 0 Å². The van der Waals surface area contributed by atoms with E-state index in [-0.39, 0.29) is 25.2 Å². The number of hydrogen-bond donors (Lipinski definition) is 1. The third-order valence-electron chi connectivity index (χ3n) is 3.89. The molecule has 0 spiro atoms. The molecule has 2 heterocycles. The Bertz CT molecular complexity index is 679. The van der Waals surface area contributed by atoms with E-state index in [1.165, 1.54) is 0 Å². The van der Waals surface area contributed by atoms with Crippen LogP contribution in [0.4, 0.5) is 0 Å². The molecular weight excluding hydrogens is 312 g/mol. The summed E-state index contributed by atoms with van der Waals surface area (Å²) < 4.78 is 21.7. The monoisotopic (exact) mass is 334 g/mol. The molecule has 1 aromatic carbocycles. The lowest BCUT2D eigenvalue weighted by Crippen LogP contribution is -2.30. The lowest BCUT2D eigenvalue weighted by Gasteiger charge is -2.22. The highest BCUT2D eigenvalue weighted by atomic mass is 16.5. The third-order valence-corrected chi connectivity index (χ3v) is 3.89. The first kappa shape index (κ1) is 16.7. The van der Waals surface area contributed by atoms with Crippen molar-refractivity contribution in [2.24, 2.45) is 0 Å². The van der Waals surface area contributed by atoms with Gasteiger partial charge in [0, 0.05) is 12.7 Å². The predicted molar refractivity (Wildman–Crippen MR) is 86.8 cm³/mol. The molecule has 1 fully saturated rings. The molecule has 130 valence electrons. The van der Waals surface area contributed by atoms with E-state index in [0.29, 0.717) is 29.3 Å². The zero-order valence-corrected chi connectivity index (χ0v) is 13.7. The highest BCUT2D eigenvalue weighted by Gasteiger charge is 2.14. The largest absolute Gasteiger partial charge is 0.497 e. The molecule has 1 aliphatic rings. The number of methoxy groups -OCH3 is 1. The Labute approximate surface area is 140 Å². The Kier molecular flexibility index (Phi) is 5.66. The van der Waals surface area contributed by atoms with E-state index in [1.54, 1.807) is 25.3 Å². The summed E-state index contributed by atoms with van der Waals surface area (Å²) in [6.45, 7) is 1.46. The molecule has 0 bridgehead atoms. The van der Waals surface area contributed by atoms with Crippen molar-refractivity contribution in [2.45, 2.75) is 31.9 Å². The number of benzene rings is 1. The molecule has 0 saturated carbocycles. The van der Waals surface area contributed by atoms with Gasteiger partial charge in [-0.1, -0.05) is 0 Å². The van der Waals surface area contributed by atoms with Crippen LogP contribution in [0.2, 0.25) is 0 Å². The number of carbonyl (C=O) groups excluding carboxylic acids is 1. The zero-order valence-electron chi connectivity index (χ0n) is 13.7. The number of aromatic nitrogens is 1. The highest BCUT2D eigenvalue weighted by Crippen LogP contribution is 2.21. The first-order valence-electron chi connectivity index (χ1n) is 8.14. The van der Waals surface area contributed by atoms with Gasteiger partial charge in [0.25, 0.3) is 0 Å². The maximum Gasteiger partial charge on any atom is 0.246 e. The number of fused-ring (bicyclic) bond motifs is 1. The van der Waals surface area contributed by atoms with E-state index in [9.17, 15) is 4.79 Å². The number of nitrogens with one attached hydrogen (secondary N) is 1. The number of nitrogens with zero attached hydrogens (tertiary/aromatic N) is 1. The van der Waals surface area contributed by atoms with Gasteiger partial charge in [-0.05, 0) is 31.4 Å². The molecule has 24 heavy (non-hydrogen) atoms. The van der Waals surface area contributed by atoms with Crippen LogP contribution in [0.3, 0.4) is 0 Å². The smallest absolute Gasteiger partial charge is 0.246 e. The quantitative estimate of drug-likeness (QED) is 0.834. The van der Waals surface area contributed by atoms with Crippen molar-refractivity contribution < 1.29 is 23.4 Å². The van der Waals surface area contributed by atoms with Crippen LogP contribution in [0.5, 0.6) is 5.75 Å². The van der Waals surface area contributed by atoms with Gasteiger partial charge in [-0.15, -0.1) is 0 Å². The van der Waals surface area contributed by atoms with E-state index >= 15 is 0 Å². The van der Waals surface area contributed by atoms with Crippen molar-refractivity contribution in [1.82, 2.24) is 10.3 Å². The fourth-order valence-electron chi connectivity index (χ4n) is 2.60. The summed E-state index contributed by atoms with van der Waals surface area (Å²) in [5.74, 6) is 0.956. The average Bonchev–Trinajstić information content (AvgIpc) is 3.03. The van der Waals surface area contributed by atoms with Crippen molar-refractivity contribution in [3.8, 4) is 5.75 Å². The highest BCUT2D eigenvalue weighted by molar-refractivity contribution is 5.77. The van der Waals surface area contributed by atoms with E-state index < -0.39 is 0 Å². The SMILES string of the molecule is COc1ccc2oc(CNC(=O)COC[C@@H]3CCCCO3)nc2c1. The van der Waals surface area contributed by atoms with Crippen LogP contribution in [0.25, 0.3) is 11.1 Å². The van der Waals surface area contributed by atoms with Crippen molar-refractivity contribution in [3.63, 3.8) is 0 Å². The molecule has 2 aromatic rings. The molecule has 1 aromatic heterocycles. The lowest BCUT2D eigenvalue weighted by atomic mass is 10.1. The van der Waals surface area contributed by atoms with Crippen molar-refractivity contribution in [3.05, 3.63) is 24.1 Å². The van der Waals surface area contributed by atoms with Gasteiger partial charge in [0.2, 0.25) is 11.8 Å². The molecule has 3 rings (SSSR count). The molecule has 0 radical (unpaired) electrons. The van der Waals surface area contributed by atoms with Crippen molar-refractivity contribution in [2.75, 3.05) is 26.9 Å². The topological polar surface area (TPSA) is 82.8 Å². The van der Waals surface area contributed by atoms with E-state index in [2.05, 4.69) is 10.3 Å². The Balaban J connectivity index is 1.42. The van der Waals surface area contributed by atoms with Crippen LogP contribution < -0.4 is 10.1 Å². The summed E-state index contributed by atoms with van der Waals surface area (Å²) in [5, 5.41) is 2.73. The molecule has 7 nitrogen and oxygen atoms in total. The van der Waals surface area contributed by atoms with Gasteiger partial charge in [0.05, 0.1) is 26.4 Å². The molecule has 7 heteroatoms. The van der Waals surface area contributed by atoms with Gasteiger partial charge in [0.15, 0.2) is 5.58 Å².